The lowest BCUT2D eigenvalue weighted by atomic mass is 10.1. The van der Waals surface area contributed by atoms with Gasteiger partial charge in [-0.1, -0.05) is 12.8 Å². The molecule has 1 saturated heterocycles. The van der Waals surface area contributed by atoms with Gasteiger partial charge in [-0.25, -0.2) is 0 Å². The van der Waals surface area contributed by atoms with Gasteiger partial charge in [0.25, 0.3) is 0 Å². The first-order chi connectivity index (χ1) is 11.7. The smallest absolute Gasteiger partial charge is 0.227 e. The highest BCUT2D eigenvalue weighted by Crippen LogP contribution is 2.35. The van der Waals surface area contributed by atoms with Crippen molar-refractivity contribution in [2.45, 2.75) is 63.1 Å². The summed E-state index contributed by atoms with van der Waals surface area (Å²) in [6.45, 7) is 1.83. The van der Waals surface area contributed by atoms with Gasteiger partial charge in [-0.3, -0.25) is 14.4 Å². The van der Waals surface area contributed by atoms with E-state index in [0.29, 0.717) is 18.1 Å². The molecular formula is C18H28N4O2. The summed E-state index contributed by atoms with van der Waals surface area (Å²) in [5.74, 6) is 0.370. The first-order valence-corrected chi connectivity index (χ1v) is 9.34. The van der Waals surface area contributed by atoms with Gasteiger partial charge in [0.1, 0.15) is 0 Å². The minimum Gasteiger partial charge on any atom is -0.383 e. The van der Waals surface area contributed by atoms with E-state index in [9.17, 15) is 4.79 Å². The van der Waals surface area contributed by atoms with Crippen molar-refractivity contribution in [1.82, 2.24) is 14.7 Å². The molecule has 2 saturated carbocycles. The standard InChI is InChI=1S/C18H28N4O2/c1-24-12-17-8-16(11-21(17)15-4-2-3-5-15)22-10-14(9-19-22)20-18(23)13-6-7-13/h9-10,13,15-17H,2-8,11-12H2,1H3,(H,20,23)/t16-,17-/m0/s1. The maximum Gasteiger partial charge on any atom is 0.227 e. The normalized spacial score (nSPS) is 28.5. The second-order valence-corrected chi connectivity index (χ2v) is 7.61. The number of methoxy groups -OCH3 is 1. The molecule has 24 heavy (non-hydrogen) atoms. The summed E-state index contributed by atoms with van der Waals surface area (Å²) in [6.07, 6.45) is 12.2. The van der Waals surface area contributed by atoms with E-state index in [2.05, 4.69) is 15.3 Å². The Morgan fingerprint density at radius 3 is 2.79 bits per heavy atom. The van der Waals surface area contributed by atoms with Gasteiger partial charge in [0.15, 0.2) is 0 Å². The van der Waals surface area contributed by atoms with Crippen molar-refractivity contribution in [3.8, 4) is 0 Å². The van der Waals surface area contributed by atoms with Crippen LogP contribution in [0.4, 0.5) is 5.69 Å². The van der Waals surface area contributed by atoms with E-state index in [-0.39, 0.29) is 11.8 Å². The minimum absolute atomic E-state index is 0.144. The molecule has 1 amide bonds. The second kappa shape index (κ2) is 6.84. The average molecular weight is 332 g/mol. The molecule has 1 aliphatic heterocycles. The van der Waals surface area contributed by atoms with Crippen molar-refractivity contribution >= 4 is 11.6 Å². The van der Waals surface area contributed by atoms with Crippen LogP contribution in [0.3, 0.4) is 0 Å². The van der Waals surface area contributed by atoms with Crippen LogP contribution in [0.5, 0.6) is 0 Å². The molecule has 0 unspecified atom stereocenters. The number of hydrogen-bond donors (Lipinski definition) is 1. The summed E-state index contributed by atoms with van der Waals surface area (Å²) < 4.78 is 7.50. The van der Waals surface area contributed by atoms with Crippen LogP contribution in [0.2, 0.25) is 0 Å². The molecule has 3 fully saturated rings. The molecule has 6 nitrogen and oxygen atoms in total. The van der Waals surface area contributed by atoms with Crippen molar-refractivity contribution in [2.24, 2.45) is 5.92 Å². The molecule has 3 aliphatic rings. The van der Waals surface area contributed by atoms with E-state index in [1.54, 1.807) is 13.3 Å². The van der Waals surface area contributed by atoms with Crippen LogP contribution in [0, 0.1) is 5.92 Å². The number of carbonyl (C=O) groups is 1. The van der Waals surface area contributed by atoms with Crippen LogP contribution < -0.4 is 5.32 Å². The van der Waals surface area contributed by atoms with E-state index >= 15 is 0 Å². The lowest BCUT2D eigenvalue weighted by molar-refractivity contribution is -0.117. The average Bonchev–Trinajstić information content (AvgIpc) is 2.98. The number of ether oxygens (including phenoxy) is 1. The van der Waals surface area contributed by atoms with Crippen LogP contribution in [-0.2, 0) is 9.53 Å². The van der Waals surface area contributed by atoms with Crippen LogP contribution in [0.15, 0.2) is 12.4 Å². The molecular weight excluding hydrogens is 304 g/mol. The van der Waals surface area contributed by atoms with E-state index in [0.717, 1.165) is 38.1 Å². The Bertz CT molecular complexity index is 577. The summed E-state index contributed by atoms with van der Waals surface area (Å²) in [6, 6.07) is 1.56. The van der Waals surface area contributed by atoms with Crippen molar-refractivity contribution < 1.29 is 9.53 Å². The van der Waals surface area contributed by atoms with Gasteiger partial charge in [-0.2, -0.15) is 5.10 Å². The van der Waals surface area contributed by atoms with Crippen LogP contribution in [0.25, 0.3) is 0 Å². The molecule has 1 aromatic rings. The van der Waals surface area contributed by atoms with Gasteiger partial charge in [0.2, 0.25) is 5.91 Å². The highest BCUT2D eigenvalue weighted by molar-refractivity contribution is 5.93. The third-order valence-electron chi connectivity index (χ3n) is 5.78. The molecule has 6 heteroatoms. The van der Waals surface area contributed by atoms with Gasteiger partial charge >= 0.3 is 0 Å². The van der Waals surface area contributed by atoms with Crippen molar-refractivity contribution in [3.05, 3.63) is 12.4 Å². The zero-order valence-electron chi connectivity index (χ0n) is 14.5. The molecule has 2 heterocycles. The van der Waals surface area contributed by atoms with Crippen molar-refractivity contribution in [1.29, 1.82) is 0 Å². The Morgan fingerprint density at radius 2 is 2.08 bits per heavy atom. The van der Waals surface area contributed by atoms with Crippen molar-refractivity contribution in [3.63, 3.8) is 0 Å². The van der Waals surface area contributed by atoms with E-state index in [1.807, 2.05) is 10.9 Å². The third-order valence-corrected chi connectivity index (χ3v) is 5.78. The zero-order valence-corrected chi connectivity index (χ0v) is 14.5. The quantitative estimate of drug-likeness (QED) is 0.869. The molecule has 0 spiro atoms. The van der Waals surface area contributed by atoms with Gasteiger partial charge in [-0.15, -0.1) is 0 Å². The molecule has 132 valence electrons. The van der Waals surface area contributed by atoms with E-state index in [1.165, 1.54) is 25.7 Å². The summed E-state index contributed by atoms with van der Waals surface area (Å²) in [5.41, 5.74) is 0.828. The Kier molecular flexibility index (Phi) is 4.59. The molecule has 2 aliphatic carbocycles. The molecule has 0 radical (unpaired) electrons. The maximum absolute atomic E-state index is 11.9. The van der Waals surface area contributed by atoms with Crippen molar-refractivity contribution in [2.75, 3.05) is 25.6 Å². The maximum atomic E-state index is 11.9. The van der Waals surface area contributed by atoms with Gasteiger partial charge in [0, 0.05) is 37.9 Å². The molecule has 2 atom stereocenters. The number of anilines is 1. The number of aromatic nitrogens is 2. The summed E-state index contributed by atoms with van der Waals surface area (Å²) in [4.78, 5) is 14.5. The first-order valence-electron chi connectivity index (χ1n) is 9.34. The zero-order chi connectivity index (χ0) is 16.5. The first kappa shape index (κ1) is 16.1. The fourth-order valence-electron chi connectivity index (χ4n) is 4.34. The highest BCUT2D eigenvalue weighted by Gasteiger charge is 2.38. The molecule has 0 bridgehead atoms. The highest BCUT2D eigenvalue weighted by atomic mass is 16.5. The SMILES string of the molecule is COC[C@@H]1C[C@H](n2cc(NC(=O)C3CC3)cn2)CN1C1CCCC1. The molecule has 1 N–H and O–H groups in total. The third kappa shape index (κ3) is 3.35. The second-order valence-electron chi connectivity index (χ2n) is 7.61. The van der Waals surface area contributed by atoms with E-state index in [4.69, 9.17) is 4.74 Å². The Morgan fingerprint density at radius 1 is 1.29 bits per heavy atom. The lowest BCUT2D eigenvalue weighted by Gasteiger charge is -2.29. The topological polar surface area (TPSA) is 59.4 Å². The monoisotopic (exact) mass is 332 g/mol. The van der Waals surface area contributed by atoms with Crippen LogP contribution >= 0.6 is 0 Å². The lowest BCUT2D eigenvalue weighted by Crippen LogP contribution is -2.40. The predicted molar refractivity (Wildman–Crippen MR) is 91.9 cm³/mol. The Hall–Kier alpha value is -1.40. The predicted octanol–water partition coefficient (Wildman–Crippen LogP) is 2.44. The number of rotatable bonds is 6. The Balaban J connectivity index is 1.41. The molecule has 4 rings (SSSR count). The van der Waals surface area contributed by atoms with E-state index < -0.39 is 0 Å². The number of nitrogens with one attached hydrogen (secondary N) is 1. The number of likely N-dealkylation sites (tertiary alicyclic amines) is 1. The van der Waals surface area contributed by atoms with Gasteiger partial charge in [-0.05, 0) is 32.1 Å². The van der Waals surface area contributed by atoms with Crippen LogP contribution in [0.1, 0.15) is 51.0 Å². The number of nitrogens with zero attached hydrogens (tertiary/aromatic N) is 3. The minimum atomic E-state index is 0.144. The summed E-state index contributed by atoms with van der Waals surface area (Å²) in [5, 5.41) is 7.51. The van der Waals surface area contributed by atoms with Gasteiger partial charge < -0.3 is 10.1 Å². The summed E-state index contributed by atoms with van der Waals surface area (Å²) >= 11 is 0. The van der Waals surface area contributed by atoms with Gasteiger partial charge in [0.05, 0.1) is 24.5 Å². The number of hydrogen-bond acceptors (Lipinski definition) is 4. The number of carbonyl (C=O) groups excluding carboxylic acids is 1. The summed E-state index contributed by atoms with van der Waals surface area (Å²) in [7, 11) is 1.79. The fourth-order valence-corrected chi connectivity index (χ4v) is 4.34. The number of amides is 1. The molecule has 1 aromatic heterocycles. The fraction of sp³-hybridized carbons (Fsp3) is 0.778. The van der Waals surface area contributed by atoms with Crippen LogP contribution in [-0.4, -0.2) is 52.9 Å². The largest absolute Gasteiger partial charge is 0.383 e. The Labute approximate surface area is 143 Å². The molecule has 0 aromatic carbocycles.